The number of ether oxygens (including phenoxy) is 2. The molecule has 5 nitrogen and oxygen atoms in total. The van der Waals surface area contributed by atoms with Gasteiger partial charge in [0.05, 0.1) is 7.11 Å². The summed E-state index contributed by atoms with van der Waals surface area (Å²) < 4.78 is 10.7. The number of likely N-dealkylation sites (tertiary alicyclic amines) is 2. The van der Waals surface area contributed by atoms with Crippen LogP contribution in [0.15, 0.2) is 78.9 Å². The second-order valence-corrected chi connectivity index (χ2v) is 10.2. The first-order valence-electron chi connectivity index (χ1n) is 12.9. The standard InChI is InChI=1S/C31H36N2O3/c1-35-22-30(34)33-17-15-31(16-18-33)23-32(21-28(31)25-10-4-3-5-11-25)20-24-9-8-12-26(19-24)27-13-6-7-14-29(27)36-2/h3-14,19,28H,15-18,20-23H2,1-2H3/t28-/m0/s1. The van der Waals surface area contributed by atoms with Gasteiger partial charge in [-0.15, -0.1) is 0 Å². The van der Waals surface area contributed by atoms with Gasteiger partial charge in [0, 0.05) is 51.3 Å². The zero-order valence-corrected chi connectivity index (χ0v) is 21.4. The van der Waals surface area contributed by atoms with E-state index in [0.29, 0.717) is 5.92 Å². The van der Waals surface area contributed by atoms with Gasteiger partial charge < -0.3 is 14.4 Å². The van der Waals surface area contributed by atoms with Crippen LogP contribution in [0.4, 0.5) is 0 Å². The van der Waals surface area contributed by atoms with Crippen molar-refractivity contribution in [2.75, 3.05) is 47.0 Å². The van der Waals surface area contributed by atoms with E-state index < -0.39 is 0 Å². The minimum atomic E-state index is 0.103. The molecule has 0 unspecified atom stereocenters. The Hall–Kier alpha value is -3.15. The van der Waals surface area contributed by atoms with Crippen LogP contribution in [0.5, 0.6) is 5.75 Å². The summed E-state index contributed by atoms with van der Waals surface area (Å²) in [6, 6.07) is 28.0. The van der Waals surface area contributed by atoms with Gasteiger partial charge in [-0.1, -0.05) is 66.7 Å². The van der Waals surface area contributed by atoms with Crippen LogP contribution < -0.4 is 4.74 Å². The number of rotatable bonds is 7. The summed E-state index contributed by atoms with van der Waals surface area (Å²) in [4.78, 5) is 17.0. The SMILES string of the molecule is COCC(=O)N1CCC2(CC1)CN(Cc1cccc(-c3ccccc3OC)c1)C[C@H]2c1ccccc1. The average Bonchev–Trinajstić information content (AvgIpc) is 3.26. The fourth-order valence-corrected chi connectivity index (χ4v) is 6.24. The van der Waals surface area contributed by atoms with E-state index in [1.807, 2.05) is 17.0 Å². The number of benzene rings is 3. The van der Waals surface area contributed by atoms with Crippen LogP contribution in [-0.2, 0) is 16.1 Å². The molecule has 0 N–H and O–H groups in total. The minimum absolute atomic E-state index is 0.103. The zero-order chi connectivity index (χ0) is 25.0. The molecule has 1 atom stereocenters. The number of para-hydroxylation sites is 1. The van der Waals surface area contributed by atoms with Crippen LogP contribution in [0, 0.1) is 5.41 Å². The summed E-state index contributed by atoms with van der Waals surface area (Å²) in [7, 11) is 3.32. The molecule has 0 radical (unpaired) electrons. The smallest absolute Gasteiger partial charge is 0.248 e. The van der Waals surface area contributed by atoms with Crippen LogP contribution >= 0.6 is 0 Å². The Morgan fingerprint density at radius 3 is 2.44 bits per heavy atom. The van der Waals surface area contributed by atoms with Gasteiger partial charge in [-0.25, -0.2) is 0 Å². The Kier molecular flexibility index (Phi) is 7.40. The molecule has 188 valence electrons. The summed E-state index contributed by atoms with van der Waals surface area (Å²) >= 11 is 0. The second-order valence-electron chi connectivity index (χ2n) is 10.2. The Morgan fingerprint density at radius 2 is 1.69 bits per heavy atom. The molecule has 2 saturated heterocycles. The Labute approximate surface area is 214 Å². The molecule has 36 heavy (non-hydrogen) atoms. The van der Waals surface area contributed by atoms with Crippen molar-refractivity contribution in [2.45, 2.75) is 25.3 Å². The van der Waals surface area contributed by atoms with Gasteiger partial charge in [-0.2, -0.15) is 0 Å². The molecule has 0 bridgehead atoms. The van der Waals surface area contributed by atoms with Crippen LogP contribution in [0.3, 0.4) is 0 Å². The number of carbonyl (C=O) groups is 1. The maximum Gasteiger partial charge on any atom is 0.248 e. The lowest BCUT2D eigenvalue weighted by molar-refractivity contribution is -0.137. The van der Waals surface area contributed by atoms with E-state index in [2.05, 4.69) is 71.6 Å². The summed E-state index contributed by atoms with van der Waals surface area (Å²) in [5, 5.41) is 0. The lowest BCUT2D eigenvalue weighted by Crippen LogP contribution is -2.47. The highest BCUT2D eigenvalue weighted by Gasteiger charge is 2.48. The number of nitrogens with zero attached hydrogens (tertiary/aromatic N) is 2. The van der Waals surface area contributed by atoms with Gasteiger partial charge >= 0.3 is 0 Å². The van der Waals surface area contributed by atoms with Crippen LogP contribution in [0.2, 0.25) is 0 Å². The first-order valence-corrected chi connectivity index (χ1v) is 12.9. The van der Waals surface area contributed by atoms with Crippen molar-refractivity contribution in [1.82, 2.24) is 9.80 Å². The van der Waals surface area contributed by atoms with E-state index in [0.717, 1.165) is 56.9 Å². The van der Waals surface area contributed by atoms with Crippen molar-refractivity contribution in [3.63, 3.8) is 0 Å². The predicted molar refractivity (Wildman–Crippen MR) is 143 cm³/mol. The van der Waals surface area contributed by atoms with E-state index in [1.165, 1.54) is 16.7 Å². The van der Waals surface area contributed by atoms with Crippen molar-refractivity contribution in [3.8, 4) is 16.9 Å². The number of carbonyl (C=O) groups excluding carboxylic acids is 1. The molecule has 0 aromatic heterocycles. The van der Waals surface area contributed by atoms with E-state index in [4.69, 9.17) is 9.47 Å². The van der Waals surface area contributed by atoms with Crippen molar-refractivity contribution in [1.29, 1.82) is 0 Å². The third-order valence-electron chi connectivity index (χ3n) is 8.05. The van der Waals surface area contributed by atoms with Crippen LogP contribution in [0.1, 0.15) is 29.9 Å². The molecule has 2 heterocycles. The number of piperidine rings is 1. The number of hydrogen-bond acceptors (Lipinski definition) is 4. The Morgan fingerprint density at radius 1 is 0.944 bits per heavy atom. The van der Waals surface area contributed by atoms with Crippen LogP contribution in [0.25, 0.3) is 11.1 Å². The highest BCUT2D eigenvalue weighted by molar-refractivity contribution is 5.77. The molecule has 0 aliphatic carbocycles. The monoisotopic (exact) mass is 484 g/mol. The molecule has 0 saturated carbocycles. The van der Waals surface area contributed by atoms with Gasteiger partial charge in [0.15, 0.2) is 0 Å². The van der Waals surface area contributed by atoms with E-state index in [1.54, 1.807) is 14.2 Å². The molecule has 5 heteroatoms. The first kappa shape index (κ1) is 24.5. The van der Waals surface area contributed by atoms with Gasteiger partial charge in [0.1, 0.15) is 12.4 Å². The highest BCUT2D eigenvalue weighted by atomic mass is 16.5. The number of amides is 1. The van der Waals surface area contributed by atoms with Gasteiger partial charge in [0.2, 0.25) is 5.91 Å². The fraction of sp³-hybridized carbons (Fsp3) is 0.387. The third kappa shape index (κ3) is 5.04. The maximum absolute atomic E-state index is 12.4. The normalized spacial score (nSPS) is 19.5. The lowest BCUT2D eigenvalue weighted by Gasteiger charge is -2.43. The van der Waals surface area contributed by atoms with Crippen molar-refractivity contribution >= 4 is 5.91 Å². The van der Waals surface area contributed by atoms with Gasteiger partial charge in [0.25, 0.3) is 0 Å². The molecule has 2 fully saturated rings. The van der Waals surface area contributed by atoms with Crippen molar-refractivity contribution in [3.05, 3.63) is 90.0 Å². The number of methoxy groups -OCH3 is 2. The Bertz CT molecular complexity index is 1170. The summed E-state index contributed by atoms with van der Waals surface area (Å²) in [6.07, 6.45) is 2.06. The minimum Gasteiger partial charge on any atom is -0.496 e. The molecule has 2 aliphatic heterocycles. The van der Waals surface area contributed by atoms with E-state index in [-0.39, 0.29) is 17.9 Å². The van der Waals surface area contributed by atoms with Crippen molar-refractivity contribution < 1.29 is 14.3 Å². The van der Waals surface area contributed by atoms with Gasteiger partial charge in [-0.05, 0) is 47.1 Å². The highest BCUT2D eigenvalue weighted by Crippen LogP contribution is 2.50. The van der Waals surface area contributed by atoms with E-state index >= 15 is 0 Å². The second kappa shape index (κ2) is 10.9. The topological polar surface area (TPSA) is 42.0 Å². The molecule has 5 rings (SSSR count). The summed E-state index contributed by atoms with van der Waals surface area (Å²) in [5.41, 5.74) is 5.22. The van der Waals surface area contributed by atoms with Crippen LogP contribution in [-0.4, -0.2) is 62.7 Å². The molecule has 1 amide bonds. The maximum atomic E-state index is 12.4. The fourth-order valence-electron chi connectivity index (χ4n) is 6.24. The van der Waals surface area contributed by atoms with Crippen molar-refractivity contribution in [2.24, 2.45) is 5.41 Å². The molecule has 3 aromatic carbocycles. The molecule has 1 spiro atoms. The number of hydrogen-bond donors (Lipinski definition) is 0. The molecule has 2 aliphatic rings. The predicted octanol–water partition coefficient (Wildman–Crippen LogP) is 5.22. The van der Waals surface area contributed by atoms with Gasteiger partial charge in [-0.3, -0.25) is 9.69 Å². The third-order valence-corrected chi connectivity index (χ3v) is 8.05. The summed E-state index contributed by atoms with van der Waals surface area (Å²) in [5.74, 6) is 1.47. The molecular weight excluding hydrogens is 448 g/mol. The first-order chi connectivity index (χ1) is 17.6. The largest absolute Gasteiger partial charge is 0.496 e. The molecule has 3 aromatic rings. The Balaban J connectivity index is 1.36. The van der Waals surface area contributed by atoms with E-state index in [9.17, 15) is 4.79 Å². The quantitative estimate of drug-likeness (QED) is 0.461. The lowest BCUT2D eigenvalue weighted by atomic mass is 9.68. The molecular formula is C31H36N2O3. The average molecular weight is 485 g/mol. The summed E-state index contributed by atoms with van der Waals surface area (Å²) in [6.45, 7) is 4.79. The zero-order valence-electron chi connectivity index (χ0n) is 21.4.